The first-order valence-corrected chi connectivity index (χ1v) is 11.9. The van der Waals surface area contributed by atoms with Crippen LogP contribution in [0.4, 0.5) is 5.95 Å². The van der Waals surface area contributed by atoms with Crippen molar-refractivity contribution in [3.8, 4) is 5.75 Å². The Morgan fingerprint density at radius 2 is 1.94 bits per heavy atom. The van der Waals surface area contributed by atoms with E-state index in [1.54, 1.807) is 18.5 Å². The quantitative estimate of drug-likeness (QED) is 0.422. The number of likely N-dealkylation sites (tertiary alicyclic amines) is 1. The van der Waals surface area contributed by atoms with Gasteiger partial charge in [0.2, 0.25) is 5.95 Å². The number of carbonyl (C=O) groups excluding carboxylic acids is 1. The third-order valence-electron chi connectivity index (χ3n) is 6.37. The van der Waals surface area contributed by atoms with Crippen LogP contribution in [0.5, 0.6) is 5.75 Å². The molecule has 32 heavy (non-hydrogen) atoms. The standard InChI is InChI=1S/C24H32ClN5O2/c1-19-5-2-10-29(19)11-4-16-32-23-7-6-20(17-21(23)25)22(31)18-28-12-14-30(15-13-28)24-26-8-3-9-27-24/h3,6-9,17,19H,2,4-5,10-16,18H2,1H3/t19-/m1/s1. The van der Waals surface area contributed by atoms with Gasteiger partial charge >= 0.3 is 0 Å². The minimum Gasteiger partial charge on any atom is -0.492 e. The number of aromatic nitrogens is 2. The van der Waals surface area contributed by atoms with Crippen LogP contribution in [0.1, 0.15) is 36.5 Å². The lowest BCUT2D eigenvalue weighted by molar-refractivity contribution is 0.0926. The average Bonchev–Trinajstić information content (AvgIpc) is 3.23. The summed E-state index contributed by atoms with van der Waals surface area (Å²) < 4.78 is 5.87. The number of carbonyl (C=O) groups is 1. The Labute approximate surface area is 195 Å². The molecule has 0 amide bonds. The number of anilines is 1. The van der Waals surface area contributed by atoms with Gasteiger partial charge in [-0.15, -0.1) is 0 Å². The van der Waals surface area contributed by atoms with Crippen LogP contribution >= 0.6 is 11.6 Å². The van der Waals surface area contributed by atoms with E-state index in [4.69, 9.17) is 16.3 Å². The summed E-state index contributed by atoms with van der Waals surface area (Å²) in [5.74, 6) is 1.47. The van der Waals surface area contributed by atoms with Gasteiger partial charge < -0.3 is 14.5 Å². The Morgan fingerprint density at radius 1 is 1.16 bits per heavy atom. The van der Waals surface area contributed by atoms with Gasteiger partial charge in [-0.3, -0.25) is 9.69 Å². The molecular weight excluding hydrogens is 426 g/mol. The number of hydrogen-bond acceptors (Lipinski definition) is 7. The molecule has 2 aliphatic heterocycles. The molecule has 2 fully saturated rings. The normalized spacial score (nSPS) is 19.9. The largest absolute Gasteiger partial charge is 0.492 e. The van der Waals surface area contributed by atoms with Crippen molar-refractivity contribution < 1.29 is 9.53 Å². The van der Waals surface area contributed by atoms with Crippen LogP contribution in [0, 0.1) is 0 Å². The molecule has 0 bridgehead atoms. The van der Waals surface area contributed by atoms with Gasteiger partial charge in [0.05, 0.1) is 18.2 Å². The fourth-order valence-corrected chi connectivity index (χ4v) is 4.66. The maximum Gasteiger partial charge on any atom is 0.225 e. The molecule has 0 spiro atoms. The first-order valence-electron chi connectivity index (χ1n) is 11.5. The molecule has 2 aliphatic rings. The van der Waals surface area contributed by atoms with E-state index >= 15 is 0 Å². The predicted molar refractivity (Wildman–Crippen MR) is 127 cm³/mol. The molecule has 0 aliphatic carbocycles. The Bertz CT molecular complexity index is 889. The molecule has 8 heteroatoms. The highest BCUT2D eigenvalue weighted by Crippen LogP contribution is 2.26. The third kappa shape index (κ3) is 5.97. The van der Waals surface area contributed by atoms with E-state index in [0.717, 1.165) is 45.1 Å². The fourth-order valence-electron chi connectivity index (χ4n) is 4.42. The van der Waals surface area contributed by atoms with Gasteiger partial charge in [-0.1, -0.05) is 11.6 Å². The van der Waals surface area contributed by atoms with Crippen LogP contribution in [0.15, 0.2) is 36.7 Å². The zero-order valence-electron chi connectivity index (χ0n) is 18.8. The lowest BCUT2D eigenvalue weighted by Gasteiger charge is -2.34. The maximum atomic E-state index is 12.8. The zero-order chi connectivity index (χ0) is 22.3. The molecule has 3 heterocycles. The van der Waals surface area contributed by atoms with Crippen molar-refractivity contribution in [1.82, 2.24) is 19.8 Å². The summed E-state index contributed by atoms with van der Waals surface area (Å²) in [6.45, 7) is 8.76. The number of benzene rings is 1. The summed E-state index contributed by atoms with van der Waals surface area (Å²) in [7, 11) is 0. The van der Waals surface area contributed by atoms with E-state index in [-0.39, 0.29) is 5.78 Å². The summed E-state index contributed by atoms with van der Waals surface area (Å²) >= 11 is 6.41. The van der Waals surface area contributed by atoms with Gasteiger partial charge in [0.25, 0.3) is 0 Å². The highest BCUT2D eigenvalue weighted by molar-refractivity contribution is 6.32. The molecule has 172 valence electrons. The van der Waals surface area contributed by atoms with Crippen molar-refractivity contribution in [3.05, 3.63) is 47.2 Å². The first kappa shape index (κ1) is 23.0. The predicted octanol–water partition coefficient (Wildman–Crippen LogP) is 3.39. The van der Waals surface area contributed by atoms with Crippen LogP contribution < -0.4 is 9.64 Å². The summed E-state index contributed by atoms with van der Waals surface area (Å²) in [6, 6.07) is 7.86. The summed E-state index contributed by atoms with van der Waals surface area (Å²) in [6.07, 6.45) is 7.06. The molecular formula is C24H32ClN5O2. The second-order valence-corrected chi connectivity index (χ2v) is 9.02. The molecule has 0 unspecified atom stereocenters. The van der Waals surface area contributed by atoms with Gasteiger partial charge in [0, 0.05) is 56.7 Å². The lowest BCUT2D eigenvalue weighted by atomic mass is 10.1. The van der Waals surface area contributed by atoms with Crippen LogP contribution in [0.25, 0.3) is 0 Å². The highest BCUT2D eigenvalue weighted by Gasteiger charge is 2.22. The van der Waals surface area contributed by atoms with Gasteiger partial charge in [0.15, 0.2) is 5.78 Å². The molecule has 2 aromatic rings. The van der Waals surface area contributed by atoms with Gasteiger partial charge in [-0.2, -0.15) is 0 Å². The van der Waals surface area contributed by atoms with Crippen LogP contribution in [-0.2, 0) is 0 Å². The number of rotatable bonds is 9. The van der Waals surface area contributed by atoms with E-state index < -0.39 is 0 Å². The first-order chi connectivity index (χ1) is 15.6. The molecule has 0 N–H and O–H groups in total. The molecule has 7 nitrogen and oxygen atoms in total. The van der Waals surface area contributed by atoms with Crippen molar-refractivity contribution in [3.63, 3.8) is 0 Å². The number of hydrogen-bond donors (Lipinski definition) is 0. The smallest absolute Gasteiger partial charge is 0.225 e. The summed E-state index contributed by atoms with van der Waals surface area (Å²) in [5.41, 5.74) is 0.627. The van der Waals surface area contributed by atoms with Gasteiger partial charge in [0.1, 0.15) is 5.75 Å². The molecule has 1 aromatic heterocycles. The van der Waals surface area contributed by atoms with Crippen molar-refractivity contribution in [2.45, 2.75) is 32.2 Å². The Kier molecular flexibility index (Phi) is 7.95. The zero-order valence-corrected chi connectivity index (χ0v) is 19.5. The van der Waals surface area contributed by atoms with Crippen LogP contribution in [0.3, 0.4) is 0 Å². The van der Waals surface area contributed by atoms with Crippen LogP contribution in [0.2, 0.25) is 5.02 Å². The topological polar surface area (TPSA) is 61.8 Å². The minimum atomic E-state index is 0.0749. The van der Waals surface area contributed by atoms with Crippen molar-refractivity contribution >= 4 is 23.3 Å². The van der Waals surface area contributed by atoms with Gasteiger partial charge in [-0.25, -0.2) is 9.97 Å². The van der Waals surface area contributed by atoms with E-state index in [9.17, 15) is 4.79 Å². The number of ether oxygens (including phenoxy) is 1. The molecule has 2 saturated heterocycles. The molecule has 1 aromatic carbocycles. The second kappa shape index (κ2) is 11.1. The maximum absolute atomic E-state index is 12.8. The van der Waals surface area contributed by atoms with E-state index in [0.29, 0.717) is 35.5 Å². The average molecular weight is 458 g/mol. The monoisotopic (exact) mass is 457 g/mol. The molecule has 0 saturated carbocycles. The van der Waals surface area contributed by atoms with E-state index in [1.807, 2.05) is 18.2 Å². The Morgan fingerprint density at radius 3 is 2.62 bits per heavy atom. The van der Waals surface area contributed by atoms with E-state index in [1.165, 1.54) is 19.4 Å². The molecule has 1 atom stereocenters. The Hall–Kier alpha value is -2.22. The van der Waals surface area contributed by atoms with Crippen molar-refractivity contribution in [2.75, 3.05) is 57.3 Å². The number of ketones is 1. The minimum absolute atomic E-state index is 0.0749. The Balaban J connectivity index is 1.21. The summed E-state index contributed by atoms with van der Waals surface area (Å²) in [5, 5.41) is 0.497. The number of nitrogens with zero attached hydrogens (tertiary/aromatic N) is 5. The second-order valence-electron chi connectivity index (χ2n) is 8.61. The van der Waals surface area contributed by atoms with Gasteiger partial charge in [-0.05, 0) is 57.0 Å². The SMILES string of the molecule is C[C@@H]1CCCN1CCCOc1ccc(C(=O)CN2CCN(c3ncccn3)CC2)cc1Cl. The summed E-state index contributed by atoms with van der Waals surface area (Å²) in [4.78, 5) is 28.2. The number of Topliss-reactive ketones (excluding diaryl/α,β-unsaturated/α-hetero) is 1. The van der Waals surface area contributed by atoms with Crippen LogP contribution in [-0.4, -0.2) is 84.0 Å². The lowest BCUT2D eigenvalue weighted by Crippen LogP contribution is -2.48. The third-order valence-corrected chi connectivity index (χ3v) is 6.66. The highest BCUT2D eigenvalue weighted by atomic mass is 35.5. The molecule has 4 rings (SSSR count). The van der Waals surface area contributed by atoms with Crippen molar-refractivity contribution in [2.24, 2.45) is 0 Å². The fraction of sp³-hybridized carbons (Fsp3) is 0.542. The number of halogens is 1. The molecule has 0 radical (unpaired) electrons. The number of piperazine rings is 1. The van der Waals surface area contributed by atoms with Crippen molar-refractivity contribution in [1.29, 1.82) is 0 Å². The van der Waals surface area contributed by atoms with E-state index in [2.05, 4.69) is 31.6 Å².